The lowest BCUT2D eigenvalue weighted by Crippen LogP contribution is -2.56. The van der Waals surface area contributed by atoms with E-state index in [1.54, 1.807) is 7.11 Å². The van der Waals surface area contributed by atoms with E-state index in [0.29, 0.717) is 18.2 Å². The quantitative estimate of drug-likeness (QED) is 0.864. The summed E-state index contributed by atoms with van der Waals surface area (Å²) in [7, 11) is 1.55. The van der Waals surface area contributed by atoms with Gasteiger partial charge in [-0.1, -0.05) is 0 Å². The fraction of sp³-hybridized carbons (Fsp3) is 0.667. The molecule has 7 heteroatoms. The number of rotatable bonds is 4. The molecule has 1 amide bonds. The fourth-order valence-electron chi connectivity index (χ4n) is 3.12. The molecule has 3 atom stereocenters. The average molecular weight is 306 g/mol. The van der Waals surface area contributed by atoms with Crippen LogP contribution in [0.15, 0.2) is 6.07 Å². The van der Waals surface area contributed by atoms with Crippen LogP contribution in [-0.2, 0) is 9.53 Å². The van der Waals surface area contributed by atoms with Crippen LogP contribution in [0.25, 0.3) is 0 Å². The predicted molar refractivity (Wildman–Crippen MR) is 80.9 cm³/mol. The van der Waals surface area contributed by atoms with Crippen molar-refractivity contribution in [1.29, 1.82) is 0 Å². The number of piperidine rings is 1. The molecule has 2 fully saturated rings. The van der Waals surface area contributed by atoms with E-state index in [0.717, 1.165) is 31.6 Å². The number of hydrogen-bond donors (Lipinski definition) is 2. The van der Waals surface area contributed by atoms with Gasteiger partial charge in [-0.25, -0.2) is 4.98 Å². The van der Waals surface area contributed by atoms with Crippen LogP contribution >= 0.6 is 0 Å². The van der Waals surface area contributed by atoms with E-state index >= 15 is 0 Å². The first-order valence-corrected chi connectivity index (χ1v) is 7.73. The molecule has 2 saturated heterocycles. The van der Waals surface area contributed by atoms with Crippen LogP contribution in [0.4, 0.5) is 5.82 Å². The largest absolute Gasteiger partial charge is 0.467 e. The third-order valence-corrected chi connectivity index (χ3v) is 4.16. The van der Waals surface area contributed by atoms with Crippen molar-refractivity contribution in [2.45, 2.75) is 50.8 Å². The first-order valence-electron chi connectivity index (χ1n) is 7.73. The first kappa shape index (κ1) is 15.0. The van der Waals surface area contributed by atoms with E-state index in [2.05, 4.69) is 20.6 Å². The number of methoxy groups -OCH3 is 1. The summed E-state index contributed by atoms with van der Waals surface area (Å²) in [5.41, 5.74) is 0.836. The van der Waals surface area contributed by atoms with Crippen LogP contribution in [0.1, 0.15) is 31.4 Å². The Bertz CT molecular complexity index is 546. The second-order valence-electron chi connectivity index (χ2n) is 5.82. The van der Waals surface area contributed by atoms with Crippen molar-refractivity contribution >= 4 is 11.7 Å². The Balaban J connectivity index is 1.76. The van der Waals surface area contributed by atoms with Crippen LogP contribution in [0.2, 0.25) is 0 Å². The van der Waals surface area contributed by atoms with E-state index in [9.17, 15) is 4.79 Å². The third-order valence-electron chi connectivity index (χ3n) is 4.16. The summed E-state index contributed by atoms with van der Waals surface area (Å²) < 4.78 is 10.9. The SMILES string of the molecule is COc1nc(C)cc(N[C@H]2CCC(=O)N[C@@H]2C2CCCO2)n1. The van der Waals surface area contributed by atoms with Crippen LogP contribution in [0.5, 0.6) is 6.01 Å². The number of aromatic nitrogens is 2. The molecule has 0 saturated carbocycles. The smallest absolute Gasteiger partial charge is 0.318 e. The highest BCUT2D eigenvalue weighted by molar-refractivity contribution is 5.77. The lowest BCUT2D eigenvalue weighted by Gasteiger charge is -2.36. The molecule has 2 aliphatic heterocycles. The maximum Gasteiger partial charge on any atom is 0.318 e. The van der Waals surface area contributed by atoms with Gasteiger partial charge >= 0.3 is 6.01 Å². The van der Waals surface area contributed by atoms with Crippen molar-refractivity contribution in [3.8, 4) is 6.01 Å². The molecule has 0 spiro atoms. The van der Waals surface area contributed by atoms with Gasteiger partial charge in [0.1, 0.15) is 5.82 Å². The summed E-state index contributed by atoms with van der Waals surface area (Å²) in [6, 6.07) is 2.30. The zero-order valence-electron chi connectivity index (χ0n) is 13.0. The molecule has 1 unspecified atom stereocenters. The van der Waals surface area contributed by atoms with E-state index in [-0.39, 0.29) is 24.1 Å². The van der Waals surface area contributed by atoms with Gasteiger partial charge < -0.3 is 20.1 Å². The fourth-order valence-corrected chi connectivity index (χ4v) is 3.12. The van der Waals surface area contributed by atoms with Gasteiger partial charge in [-0.2, -0.15) is 4.98 Å². The summed E-state index contributed by atoms with van der Waals surface area (Å²) >= 11 is 0. The van der Waals surface area contributed by atoms with Crippen molar-refractivity contribution in [2.75, 3.05) is 19.0 Å². The standard InChI is InChI=1S/C15H22N4O3/c1-9-8-12(18-15(16-9)21-2)17-10-5-6-13(20)19-14(10)11-4-3-7-22-11/h8,10-11,14H,3-7H2,1-2H3,(H,19,20)(H,16,17,18)/t10-,11?,14-/m0/s1. The highest BCUT2D eigenvalue weighted by Crippen LogP contribution is 2.25. The molecular formula is C15H22N4O3. The van der Waals surface area contributed by atoms with Gasteiger partial charge in [0.15, 0.2) is 0 Å². The topological polar surface area (TPSA) is 85.4 Å². The zero-order chi connectivity index (χ0) is 15.5. The van der Waals surface area contributed by atoms with Gasteiger partial charge in [0.05, 0.1) is 25.3 Å². The van der Waals surface area contributed by atoms with E-state index in [1.807, 2.05) is 13.0 Å². The summed E-state index contributed by atoms with van der Waals surface area (Å²) in [4.78, 5) is 20.3. The van der Waals surface area contributed by atoms with Gasteiger partial charge in [-0.05, 0) is 26.2 Å². The Hall–Kier alpha value is -1.89. The van der Waals surface area contributed by atoms with Crippen LogP contribution in [0, 0.1) is 6.92 Å². The molecule has 2 N–H and O–H groups in total. The monoisotopic (exact) mass is 306 g/mol. The Morgan fingerprint density at radius 2 is 2.27 bits per heavy atom. The average Bonchev–Trinajstić information content (AvgIpc) is 3.02. The Labute approximate surface area is 129 Å². The number of aryl methyl sites for hydroxylation is 1. The normalized spacial score (nSPS) is 28.3. The lowest BCUT2D eigenvalue weighted by atomic mass is 9.92. The molecule has 120 valence electrons. The predicted octanol–water partition coefficient (Wildman–Crippen LogP) is 1.03. The molecule has 1 aromatic heterocycles. The number of carbonyl (C=O) groups is 1. The van der Waals surface area contributed by atoms with E-state index in [4.69, 9.17) is 9.47 Å². The Morgan fingerprint density at radius 3 is 3.00 bits per heavy atom. The molecule has 0 aliphatic carbocycles. The molecule has 0 bridgehead atoms. The molecule has 0 radical (unpaired) electrons. The van der Waals surface area contributed by atoms with Crippen molar-refractivity contribution in [1.82, 2.24) is 15.3 Å². The molecular weight excluding hydrogens is 284 g/mol. The zero-order valence-corrected chi connectivity index (χ0v) is 13.0. The van der Waals surface area contributed by atoms with Gasteiger partial charge in [0.2, 0.25) is 5.91 Å². The Kier molecular flexibility index (Phi) is 4.42. The lowest BCUT2D eigenvalue weighted by molar-refractivity contribution is -0.124. The number of amides is 1. The third kappa shape index (κ3) is 3.30. The van der Waals surface area contributed by atoms with Crippen LogP contribution in [-0.4, -0.2) is 47.8 Å². The molecule has 1 aromatic rings. The maximum atomic E-state index is 11.7. The highest BCUT2D eigenvalue weighted by Gasteiger charge is 2.37. The van der Waals surface area contributed by atoms with E-state index in [1.165, 1.54) is 0 Å². The summed E-state index contributed by atoms with van der Waals surface area (Å²) in [6.45, 7) is 2.67. The number of carbonyl (C=O) groups excluding carboxylic acids is 1. The number of ether oxygens (including phenoxy) is 2. The van der Waals surface area contributed by atoms with Crippen molar-refractivity contribution in [3.05, 3.63) is 11.8 Å². The Morgan fingerprint density at radius 1 is 1.41 bits per heavy atom. The second kappa shape index (κ2) is 6.48. The molecule has 2 aliphatic rings. The molecule has 3 rings (SSSR count). The molecule has 3 heterocycles. The maximum absolute atomic E-state index is 11.7. The van der Waals surface area contributed by atoms with E-state index < -0.39 is 0 Å². The molecule has 7 nitrogen and oxygen atoms in total. The minimum absolute atomic E-state index is 0.0231. The summed E-state index contributed by atoms with van der Waals surface area (Å²) in [5.74, 6) is 0.809. The van der Waals surface area contributed by atoms with Crippen LogP contribution in [0.3, 0.4) is 0 Å². The highest BCUT2D eigenvalue weighted by atomic mass is 16.5. The minimum atomic E-state index is -0.0231. The number of hydrogen-bond acceptors (Lipinski definition) is 6. The van der Waals surface area contributed by atoms with Gasteiger partial charge in [0, 0.05) is 24.8 Å². The molecule has 0 aromatic carbocycles. The molecule has 22 heavy (non-hydrogen) atoms. The number of nitrogens with one attached hydrogen (secondary N) is 2. The van der Waals surface area contributed by atoms with Crippen molar-refractivity contribution in [3.63, 3.8) is 0 Å². The number of nitrogens with zero attached hydrogens (tertiary/aromatic N) is 2. The van der Waals surface area contributed by atoms with Crippen molar-refractivity contribution < 1.29 is 14.3 Å². The van der Waals surface area contributed by atoms with Gasteiger partial charge in [-0.3, -0.25) is 4.79 Å². The second-order valence-corrected chi connectivity index (χ2v) is 5.82. The number of anilines is 1. The van der Waals surface area contributed by atoms with Crippen molar-refractivity contribution in [2.24, 2.45) is 0 Å². The van der Waals surface area contributed by atoms with Gasteiger partial charge in [-0.15, -0.1) is 0 Å². The summed E-state index contributed by atoms with van der Waals surface area (Å²) in [5, 5.41) is 6.49. The summed E-state index contributed by atoms with van der Waals surface area (Å²) in [6.07, 6.45) is 3.38. The first-order chi connectivity index (χ1) is 10.7. The minimum Gasteiger partial charge on any atom is -0.467 e. The van der Waals surface area contributed by atoms with Crippen LogP contribution < -0.4 is 15.4 Å². The van der Waals surface area contributed by atoms with Gasteiger partial charge in [0.25, 0.3) is 0 Å².